The van der Waals surface area contributed by atoms with Crippen molar-refractivity contribution in [3.8, 4) is 11.5 Å². The van der Waals surface area contributed by atoms with Crippen LogP contribution < -0.4 is 14.9 Å². The molecule has 0 atom stereocenters. The lowest BCUT2D eigenvalue weighted by atomic mass is 10.2. The minimum atomic E-state index is -0.306. The van der Waals surface area contributed by atoms with E-state index in [4.69, 9.17) is 9.47 Å². The van der Waals surface area contributed by atoms with Crippen LogP contribution in [0.5, 0.6) is 11.5 Å². The summed E-state index contributed by atoms with van der Waals surface area (Å²) < 4.78 is 12.7. The van der Waals surface area contributed by atoms with E-state index in [0.29, 0.717) is 30.3 Å². The van der Waals surface area contributed by atoms with Crippen molar-refractivity contribution in [2.45, 2.75) is 13.2 Å². The van der Waals surface area contributed by atoms with Crippen molar-refractivity contribution in [3.05, 3.63) is 130 Å². The summed E-state index contributed by atoms with van der Waals surface area (Å²) in [6.45, 7) is 0.906. The van der Waals surface area contributed by atoms with Crippen molar-refractivity contribution in [1.29, 1.82) is 0 Å². The molecule has 4 aromatic carbocycles. The van der Waals surface area contributed by atoms with Crippen LogP contribution in [0.1, 0.15) is 27.0 Å². The first kappa shape index (κ1) is 23.3. The summed E-state index contributed by atoms with van der Waals surface area (Å²) in [5, 5.41) is 4.10. The zero-order valence-corrected chi connectivity index (χ0v) is 19.9. The van der Waals surface area contributed by atoms with Gasteiger partial charge in [-0.25, -0.2) is 5.43 Å². The lowest BCUT2D eigenvalue weighted by Crippen LogP contribution is -2.17. The van der Waals surface area contributed by atoms with E-state index in [1.165, 1.54) is 0 Å². The molecule has 5 nitrogen and oxygen atoms in total. The smallest absolute Gasteiger partial charge is 0.271 e. The van der Waals surface area contributed by atoms with Crippen LogP contribution >= 0.6 is 15.9 Å². The summed E-state index contributed by atoms with van der Waals surface area (Å²) in [5.41, 5.74) is 5.96. The van der Waals surface area contributed by atoms with Crippen molar-refractivity contribution in [2.75, 3.05) is 0 Å². The second-order valence-corrected chi connectivity index (χ2v) is 8.37. The van der Waals surface area contributed by atoms with Gasteiger partial charge in [0, 0.05) is 15.6 Å². The second kappa shape index (κ2) is 11.8. The normalized spacial score (nSPS) is 10.7. The number of benzene rings is 4. The molecule has 0 radical (unpaired) electrons. The molecule has 0 aliphatic heterocycles. The fraction of sp³-hybridized carbons (Fsp3) is 0.0714. The summed E-state index contributed by atoms with van der Waals surface area (Å²) in [4.78, 5) is 12.4. The van der Waals surface area contributed by atoms with Crippen LogP contribution in [0, 0.1) is 0 Å². The average Bonchev–Trinajstić information content (AvgIpc) is 2.88. The fourth-order valence-electron chi connectivity index (χ4n) is 3.13. The second-order valence-electron chi connectivity index (χ2n) is 7.45. The molecular formula is C28H23BrN2O3. The highest BCUT2D eigenvalue weighted by Gasteiger charge is 2.06. The number of carbonyl (C=O) groups is 1. The van der Waals surface area contributed by atoms with Crippen molar-refractivity contribution in [3.63, 3.8) is 0 Å². The van der Waals surface area contributed by atoms with Crippen molar-refractivity contribution in [1.82, 2.24) is 5.43 Å². The van der Waals surface area contributed by atoms with Gasteiger partial charge >= 0.3 is 0 Å². The summed E-state index contributed by atoms with van der Waals surface area (Å²) >= 11 is 3.43. The fourth-order valence-corrected chi connectivity index (χ4v) is 3.39. The molecule has 0 aromatic heterocycles. The molecule has 0 saturated heterocycles. The Bertz CT molecular complexity index is 1240. The van der Waals surface area contributed by atoms with E-state index in [0.717, 1.165) is 21.2 Å². The first-order valence-electron chi connectivity index (χ1n) is 10.7. The molecule has 0 spiro atoms. The van der Waals surface area contributed by atoms with Crippen molar-refractivity contribution in [2.24, 2.45) is 5.10 Å². The highest BCUT2D eigenvalue weighted by Crippen LogP contribution is 2.19. The lowest BCUT2D eigenvalue weighted by Gasteiger charge is -2.09. The summed E-state index contributed by atoms with van der Waals surface area (Å²) in [7, 11) is 0. The van der Waals surface area contributed by atoms with E-state index in [9.17, 15) is 4.79 Å². The van der Waals surface area contributed by atoms with Gasteiger partial charge in [-0.2, -0.15) is 5.10 Å². The number of hydrazone groups is 1. The van der Waals surface area contributed by atoms with Gasteiger partial charge < -0.3 is 9.47 Å². The zero-order chi connectivity index (χ0) is 23.6. The van der Waals surface area contributed by atoms with E-state index in [2.05, 4.69) is 26.5 Å². The Morgan fingerprint density at radius 1 is 0.765 bits per heavy atom. The number of carbonyl (C=O) groups excluding carboxylic acids is 1. The minimum Gasteiger partial charge on any atom is -0.489 e. The molecule has 0 bridgehead atoms. The van der Waals surface area contributed by atoms with E-state index in [1.807, 2.05) is 78.9 Å². The van der Waals surface area contributed by atoms with E-state index < -0.39 is 0 Å². The molecule has 170 valence electrons. The van der Waals surface area contributed by atoms with Crippen LogP contribution in [-0.4, -0.2) is 12.1 Å². The number of amides is 1. The number of nitrogens with one attached hydrogen (secondary N) is 1. The number of hydrogen-bond donors (Lipinski definition) is 1. The summed E-state index contributed by atoms with van der Waals surface area (Å²) in [6, 6.07) is 32.4. The first-order chi connectivity index (χ1) is 16.7. The SMILES string of the molecule is O=C(N/N=C/c1ccccc1OCc1ccc(Br)cc1)c1ccc(OCc2ccccc2)cc1. The molecule has 0 aliphatic rings. The Balaban J connectivity index is 1.30. The van der Waals surface area contributed by atoms with E-state index in [1.54, 1.807) is 30.5 Å². The maximum absolute atomic E-state index is 12.4. The topological polar surface area (TPSA) is 59.9 Å². The third kappa shape index (κ3) is 6.80. The quantitative estimate of drug-likeness (QED) is 0.208. The first-order valence-corrected chi connectivity index (χ1v) is 11.5. The third-order valence-corrected chi connectivity index (χ3v) is 5.49. The molecule has 0 heterocycles. The predicted molar refractivity (Wildman–Crippen MR) is 137 cm³/mol. The maximum atomic E-state index is 12.4. The van der Waals surface area contributed by atoms with E-state index in [-0.39, 0.29) is 5.91 Å². The van der Waals surface area contributed by atoms with E-state index >= 15 is 0 Å². The van der Waals surface area contributed by atoms with Gasteiger partial charge in [0.2, 0.25) is 0 Å². The van der Waals surface area contributed by atoms with Crippen LogP contribution in [0.2, 0.25) is 0 Å². The van der Waals surface area contributed by atoms with Crippen LogP contribution in [0.25, 0.3) is 0 Å². The predicted octanol–water partition coefficient (Wildman–Crippen LogP) is 6.37. The van der Waals surface area contributed by atoms with Gasteiger partial charge in [0.1, 0.15) is 24.7 Å². The molecule has 1 N–H and O–H groups in total. The molecule has 4 aromatic rings. The summed E-state index contributed by atoms with van der Waals surface area (Å²) in [6.07, 6.45) is 1.58. The number of halogens is 1. The van der Waals surface area contributed by atoms with Gasteiger partial charge in [0.15, 0.2) is 0 Å². The minimum absolute atomic E-state index is 0.306. The molecular weight excluding hydrogens is 492 g/mol. The number of para-hydroxylation sites is 1. The highest BCUT2D eigenvalue weighted by atomic mass is 79.9. The molecule has 0 saturated carbocycles. The van der Waals surface area contributed by atoms with Crippen LogP contribution in [0.15, 0.2) is 113 Å². The van der Waals surface area contributed by atoms with Gasteiger partial charge in [-0.3, -0.25) is 4.79 Å². The van der Waals surface area contributed by atoms with Crippen LogP contribution in [0.4, 0.5) is 0 Å². The van der Waals surface area contributed by atoms with Gasteiger partial charge in [-0.15, -0.1) is 0 Å². The Labute approximate surface area is 207 Å². The largest absolute Gasteiger partial charge is 0.489 e. The molecule has 0 unspecified atom stereocenters. The average molecular weight is 515 g/mol. The van der Waals surface area contributed by atoms with Crippen LogP contribution in [-0.2, 0) is 13.2 Å². The standard InChI is InChI=1S/C28H23BrN2O3/c29-25-14-10-22(11-15-25)20-34-27-9-5-4-8-24(27)18-30-31-28(32)23-12-16-26(17-13-23)33-19-21-6-2-1-3-7-21/h1-18H,19-20H2,(H,31,32)/b30-18+. The molecule has 4 rings (SSSR count). The number of ether oxygens (including phenoxy) is 2. The zero-order valence-electron chi connectivity index (χ0n) is 18.4. The maximum Gasteiger partial charge on any atom is 0.271 e. The molecule has 34 heavy (non-hydrogen) atoms. The lowest BCUT2D eigenvalue weighted by molar-refractivity contribution is 0.0955. The molecule has 0 fully saturated rings. The molecule has 1 amide bonds. The van der Waals surface area contributed by atoms with Crippen LogP contribution in [0.3, 0.4) is 0 Å². The van der Waals surface area contributed by atoms with Crippen molar-refractivity contribution >= 4 is 28.1 Å². The Kier molecular flexibility index (Phi) is 8.08. The Morgan fingerprint density at radius 3 is 2.18 bits per heavy atom. The monoisotopic (exact) mass is 514 g/mol. The van der Waals surface area contributed by atoms with Gasteiger partial charge in [-0.05, 0) is 59.7 Å². The third-order valence-electron chi connectivity index (χ3n) is 4.96. The van der Waals surface area contributed by atoms with Crippen molar-refractivity contribution < 1.29 is 14.3 Å². The molecule has 0 aliphatic carbocycles. The summed E-state index contributed by atoms with van der Waals surface area (Å²) in [5.74, 6) is 1.07. The number of rotatable bonds is 9. The van der Waals surface area contributed by atoms with Gasteiger partial charge in [0.05, 0.1) is 6.21 Å². The number of hydrogen-bond acceptors (Lipinski definition) is 4. The number of nitrogens with zero attached hydrogens (tertiary/aromatic N) is 1. The highest BCUT2D eigenvalue weighted by molar-refractivity contribution is 9.10. The van der Waals surface area contributed by atoms with Gasteiger partial charge in [-0.1, -0.05) is 70.5 Å². The van der Waals surface area contributed by atoms with Gasteiger partial charge in [0.25, 0.3) is 5.91 Å². The Hall–Kier alpha value is -3.90. The Morgan fingerprint density at radius 2 is 1.41 bits per heavy atom. The molecule has 6 heteroatoms.